The number of nitrogens with zero attached hydrogens (tertiary/aromatic N) is 3. The summed E-state index contributed by atoms with van der Waals surface area (Å²) < 4.78 is 5.89. The van der Waals surface area contributed by atoms with Crippen molar-refractivity contribution in [3.63, 3.8) is 0 Å². The average molecular weight is 269 g/mol. The van der Waals surface area contributed by atoms with Crippen molar-refractivity contribution in [3.8, 4) is 0 Å². The van der Waals surface area contributed by atoms with E-state index in [1.807, 2.05) is 19.2 Å². The third-order valence-corrected chi connectivity index (χ3v) is 4.15. The Hall–Kier alpha value is -1.94. The van der Waals surface area contributed by atoms with Gasteiger partial charge in [0.05, 0.1) is 5.60 Å². The highest BCUT2D eigenvalue weighted by atomic mass is 16.5. The Morgan fingerprint density at radius 2 is 1.85 bits per heavy atom. The second kappa shape index (κ2) is 5.59. The van der Waals surface area contributed by atoms with Gasteiger partial charge in [-0.25, -0.2) is 9.97 Å². The Morgan fingerprint density at radius 3 is 2.45 bits per heavy atom. The Labute approximate surface area is 119 Å². The number of methoxy groups -OCH3 is 1. The van der Waals surface area contributed by atoms with Crippen LogP contribution in [-0.2, 0) is 10.3 Å². The quantitative estimate of drug-likeness (QED) is 0.858. The molecule has 0 saturated carbocycles. The Kier molecular flexibility index (Phi) is 3.65. The van der Waals surface area contributed by atoms with E-state index in [0.29, 0.717) is 0 Å². The second-order valence-corrected chi connectivity index (χ2v) is 5.12. The van der Waals surface area contributed by atoms with Crippen LogP contribution in [0.25, 0.3) is 0 Å². The lowest BCUT2D eigenvalue weighted by molar-refractivity contribution is -0.0347. The molecule has 4 heteroatoms. The van der Waals surface area contributed by atoms with Crippen LogP contribution in [0.4, 0.5) is 5.82 Å². The zero-order valence-electron chi connectivity index (χ0n) is 11.7. The van der Waals surface area contributed by atoms with Gasteiger partial charge in [0.15, 0.2) is 0 Å². The molecule has 0 unspecified atom stereocenters. The highest BCUT2D eigenvalue weighted by Gasteiger charge is 2.36. The van der Waals surface area contributed by atoms with Gasteiger partial charge in [-0.3, -0.25) is 0 Å². The molecule has 0 radical (unpaired) electrons. The lowest BCUT2D eigenvalue weighted by Gasteiger charge is -2.41. The molecule has 4 nitrogen and oxygen atoms in total. The van der Waals surface area contributed by atoms with Crippen LogP contribution in [0.3, 0.4) is 0 Å². The van der Waals surface area contributed by atoms with Crippen molar-refractivity contribution >= 4 is 5.82 Å². The van der Waals surface area contributed by atoms with E-state index < -0.39 is 0 Å². The van der Waals surface area contributed by atoms with E-state index in [0.717, 1.165) is 31.7 Å². The summed E-state index contributed by atoms with van der Waals surface area (Å²) in [4.78, 5) is 10.6. The third kappa shape index (κ3) is 2.39. The molecule has 0 atom stereocenters. The van der Waals surface area contributed by atoms with Crippen LogP contribution in [0.15, 0.2) is 48.9 Å². The predicted molar refractivity (Wildman–Crippen MR) is 78.6 cm³/mol. The Morgan fingerprint density at radius 1 is 1.10 bits per heavy atom. The SMILES string of the molecule is COC1(c2ccccc2)CCN(c2ccncn2)CC1. The van der Waals surface area contributed by atoms with Gasteiger partial charge in [0.2, 0.25) is 0 Å². The molecule has 2 heterocycles. The molecule has 1 aromatic carbocycles. The summed E-state index contributed by atoms with van der Waals surface area (Å²) in [6.07, 6.45) is 5.33. The number of rotatable bonds is 3. The smallest absolute Gasteiger partial charge is 0.131 e. The maximum Gasteiger partial charge on any atom is 0.131 e. The fourth-order valence-corrected chi connectivity index (χ4v) is 2.92. The molecule has 104 valence electrons. The number of aromatic nitrogens is 2. The van der Waals surface area contributed by atoms with Crippen LogP contribution in [0.5, 0.6) is 0 Å². The van der Waals surface area contributed by atoms with Gasteiger partial charge in [-0.15, -0.1) is 0 Å². The molecule has 1 fully saturated rings. The number of hydrogen-bond acceptors (Lipinski definition) is 4. The Bertz CT molecular complexity index is 536. The topological polar surface area (TPSA) is 38.2 Å². The first-order chi connectivity index (χ1) is 9.84. The van der Waals surface area contributed by atoms with Crippen molar-refractivity contribution in [2.75, 3.05) is 25.1 Å². The molecule has 1 aromatic heterocycles. The standard InChI is InChI=1S/C16H19N3O/c1-20-16(14-5-3-2-4-6-14)8-11-19(12-9-16)15-7-10-17-13-18-15/h2-7,10,13H,8-9,11-12H2,1H3. The van der Waals surface area contributed by atoms with E-state index in [4.69, 9.17) is 4.74 Å². The van der Waals surface area contributed by atoms with Crippen LogP contribution in [-0.4, -0.2) is 30.2 Å². The molecule has 1 aliphatic rings. The first-order valence-corrected chi connectivity index (χ1v) is 6.96. The molecule has 20 heavy (non-hydrogen) atoms. The van der Waals surface area contributed by atoms with Crippen molar-refractivity contribution in [2.45, 2.75) is 18.4 Å². The van der Waals surface area contributed by atoms with Gasteiger partial charge in [-0.2, -0.15) is 0 Å². The fraction of sp³-hybridized carbons (Fsp3) is 0.375. The summed E-state index contributed by atoms with van der Waals surface area (Å²) in [5.41, 5.74) is 1.11. The van der Waals surface area contributed by atoms with E-state index in [9.17, 15) is 0 Å². The molecule has 3 rings (SSSR count). The minimum Gasteiger partial charge on any atom is -0.373 e. The van der Waals surface area contributed by atoms with Gasteiger partial charge in [-0.1, -0.05) is 30.3 Å². The molecular formula is C16H19N3O. The average Bonchev–Trinajstić information content (AvgIpc) is 2.56. The number of benzene rings is 1. The number of piperidine rings is 1. The van der Waals surface area contributed by atoms with Crippen LogP contribution in [0.1, 0.15) is 18.4 Å². The lowest BCUT2D eigenvalue weighted by atomic mass is 9.84. The summed E-state index contributed by atoms with van der Waals surface area (Å²) in [5.74, 6) is 0.998. The first kappa shape index (κ1) is 13.1. The summed E-state index contributed by atoms with van der Waals surface area (Å²) in [5, 5.41) is 0. The Balaban J connectivity index is 1.77. The summed E-state index contributed by atoms with van der Waals surface area (Å²) >= 11 is 0. The second-order valence-electron chi connectivity index (χ2n) is 5.12. The van der Waals surface area contributed by atoms with Crippen molar-refractivity contribution < 1.29 is 4.74 Å². The van der Waals surface area contributed by atoms with E-state index >= 15 is 0 Å². The van der Waals surface area contributed by atoms with Crippen molar-refractivity contribution in [2.24, 2.45) is 0 Å². The summed E-state index contributed by atoms with van der Waals surface area (Å²) in [7, 11) is 1.81. The van der Waals surface area contributed by atoms with E-state index in [1.54, 1.807) is 12.5 Å². The monoisotopic (exact) mass is 269 g/mol. The zero-order valence-corrected chi connectivity index (χ0v) is 11.7. The number of ether oxygens (including phenoxy) is 1. The van der Waals surface area contributed by atoms with Gasteiger partial charge in [-0.05, 0) is 24.5 Å². The zero-order chi connectivity index (χ0) is 13.8. The molecule has 0 amide bonds. The third-order valence-electron chi connectivity index (χ3n) is 4.15. The highest BCUT2D eigenvalue weighted by molar-refractivity contribution is 5.38. The first-order valence-electron chi connectivity index (χ1n) is 6.96. The molecule has 1 aliphatic heterocycles. The van der Waals surface area contributed by atoms with Crippen LogP contribution < -0.4 is 4.90 Å². The largest absolute Gasteiger partial charge is 0.373 e. The van der Waals surface area contributed by atoms with Gasteiger partial charge in [0.1, 0.15) is 12.1 Å². The predicted octanol–water partition coefficient (Wildman–Crippen LogP) is 2.62. The molecular weight excluding hydrogens is 250 g/mol. The maximum atomic E-state index is 5.89. The molecule has 0 spiro atoms. The number of anilines is 1. The fourth-order valence-electron chi connectivity index (χ4n) is 2.92. The van der Waals surface area contributed by atoms with Crippen molar-refractivity contribution in [3.05, 3.63) is 54.5 Å². The molecule has 0 N–H and O–H groups in total. The van der Waals surface area contributed by atoms with Gasteiger partial charge in [0.25, 0.3) is 0 Å². The van der Waals surface area contributed by atoms with Gasteiger partial charge < -0.3 is 9.64 Å². The highest BCUT2D eigenvalue weighted by Crippen LogP contribution is 2.36. The van der Waals surface area contributed by atoms with Crippen LogP contribution >= 0.6 is 0 Å². The molecule has 1 saturated heterocycles. The summed E-state index contributed by atoms with van der Waals surface area (Å²) in [6.45, 7) is 1.89. The van der Waals surface area contributed by atoms with Gasteiger partial charge in [0, 0.05) is 26.4 Å². The van der Waals surface area contributed by atoms with Gasteiger partial charge >= 0.3 is 0 Å². The minimum absolute atomic E-state index is 0.162. The summed E-state index contributed by atoms with van der Waals surface area (Å²) in [6, 6.07) is 12.5. The van der Waals surface area contributed by atoms with E-state index in [1.165, 1.54) is 5.56 Å². The maximum absolute atomic E-state index is 5.89. The van der Waals surface area contributed by atoms with Crippen LogP contribution in [0, 0.1) is 0 Å². The van der Waals surface area contributed by atoms with E-state index in [-0.39, 0.29) is 5.60 Å². The van der Waals surface area contributed by atoms with Crippen LogP contribution in [0.2, 0.25) is 0 Å². The van der Waals surface area contributed by atoms with Crippen molar-refractivity contribution in [1.82, 2.24) is 9.97 Å². The minimum atomic E-state index is -0.162. The lowest BCUT2D eigenvalue weighted by Crippen LogP contribution is -2.44. The number of hydrogen-bond donors (Lipinski definition) is 0. The molecule has 0 aliphatic carbocycles. The van der Waals surface area contributed by atoms with E-state index in [2.05, 4.69) is 39.1 Å². The van der Waals surface area contributed by atoms with Crippen molar-refractivity contribution in [1.29, 1.82) is 0 Å². The molecule has 0 bridgehead atoms. The molecule has 2 aromatic rings. The normalized spacial score (nSPS) is 17.9.